The molecule has 33 heavy (non-hydrogen) atoms. The van der Waals surface area contributed by atoms with Crippen molar-refractivity contribution in [2.45, 2.75) is 82.8 Å². The van der Waals surface area contributed by atoms with Gasteiger partial charge in [-0.05, 0) is 12.5 Å². The second-order valence-electron chi connectivity index (χ2n) is 7.84. The zero-order chi connectivity index (χ0) is 25.0. The van der Waals surface area contributed by atoms with Gasteiger partial charge in [0.15, 0.2) is 12.1 Å². The van der Waals surface area contributed by atoms with Crippen LogP contribution in [0, 0.1) is 5.41 Å². The van der Waals surface area contributed by atoms with Crippen molar-refractivity contribution in [1.82, 2.24) is 10.6 Å². The predicted octanol–water partition coefficient (Wildman–Crippen LogP) is -0.0103. The lowest BCUT2D eigenvalue weighted by Crippen LogP contribution is -2.64. The Balaban J connectivity index is 2.92. The van der Waals surface area contributed by atoms with Crippen molar-refractivity contribution in [2.24, 2.45) is 5.73 Å². The van der Waals surface area contributed by atoms with Crippen molar-refractivity contribution >= 4 is 23.8 Å². The Morgan fingerprint density at radius 1 is 1.24 bits per heavy atom. The minimum Gasteiger partial charge on any atom is -0.478 e. The van der Waals surface area contributed by atoms with E-state index in [1.54, 1.807) is 0 Å². The van der Waals surface area contributed by atoms with Crippen molar-refractivity contribution in [3.63, 3.8) is 0 Å². The first-order valence-electron chi connectivity index (χ1n) is 11.0. The molecule has 1 rings (SSSR count). The number of nitrogens with two attached hydrogens (primary N) is 1. The Hall–Kier alpha value is -2.86. The molecular formula is C21H36N4O8. The molecule has 0 bridgehead atoms. The highest BCUT2D eigenvalue weighted by Crippen LogP contribution is 2.25. The van der Waals surface area contributed by atoms with E-state index in [2.05, 4.69) is 17.6 Å². The third kappa shape index (κ3) is 9.66. The zero-order valence-corrected chi connectivity index (χ0v) is 19.3. The fourth-order valence-electron chi connectivity index (χ4n) is 3.57. The van der Waals surface area contributed by atoms with Crippen molar-refractivity contribution in [2.75, 3.05) is 13.7 Å². The number of aliphatic hydroxyl groups is 1. The summed E-state index contributed by atoms with van der Waals surface area (Å²) in [6, 6.07) is -1.89. The molecule has 0 unspecified atom stereocenters. The molecule has 0 aromatic carbocycles. The molecule has 0 spiro atoms. The number of rotatable bonds is 14. The number of carbonyl (C=O) groups excluding carboxylic acids is 2. The van der Waals surface area contributed by atoms with E-state index in [1.165, 1.54) is 20.1 Å². The van der Waals surface area contributed by atoms with Gasteiger partial charge in [-0.1, -0.05) is 32.6 Å². The van der Waals surface area contributed by atoms with E-state index in [-0.39, 0.29) is 6.42 Å². The highest BCUT2D eigenvalue weighted by molar-refractivity contribution is 5.85. The SMILES string of the molecule is CCCCCCCC(=O)OC[C@H](O)[C@@H](OC)[C@@H]1OC(C(=O)O)=C[C@H](NC(=N)N)[C@H]1NC(C)=O. The van der Waals surface area contributed by atoms with Crippen LogP contribution in [0.2, 0.25) is 0 Å². The van der Waals surface area contributed by atoms with Crippen LogP contribution >= 0.6 is 0 Å². The fourth-order valence-corrected chi connectivity index (χ4v) is 3.57. The Morgan fingerprint density at radius 2 is 1.91 bits per heavy atom. The van der Waals surface area contributed by atoms with Gasteiger partial charge in [-0.15, -0.1) is 0 Å². The molecule has 1 aliphatic heterocycles. The lowest BCUT2D eigenvalue weighted by Gasteiger charge is -2.41. The van der Waals surface area contributed by atoms with E-state index < -0.39 is 66.6 Å². The number of unbranched alkanes of at least 4 members (excludes halogenated alkanes) is 4. The second-order valence-corrected chi connectivity index (χ2v) is 7.84. The van der Waals surface area contributed by atoms with Crippen LogP contribution in [-0.4, -0.2) is 78.1 Å². The van der Waals surface area contributed by atoms with E-state index in [0.717, 1.165) is 25.7 Å². The third-order valence-corrected chi connectivity index (χ3v) is 5.11. The molecule has 5 atom stereocenters. The number of esters is 1. The standard InChI is InChI=1S/C21H36N4O8/c1-4-5-6-7-8-9-16(28)32-11-14(27)18(31-3)19-17(24-12(2)26)13(25-21(22)23)10-15(33-19)20(29)30/h10,13-14,17-19,27H,4-9,11H2,1-3H3,(H,24,26)(H,29,30)(H4,22,23,25)/t13-,14-,17+,18+,19+/m0/s1. The lowest BCUT2D eigenvalue weighted by molar-refractivity contribution is -0.159. The van der Waals surface area contributed by atoms with Gasteiger partial charge >= 0.3 is 11.9 Å². The van der Waals surface area contributed by atoms with Crippen molar-refractivity contribution < 1.29 is 38.8 Å². The van der Waals surface area contributed by atoms with E-state index in [4.69, 9.17) is 25.4 Å². The van der Waals surface area contributed by atoms with Crippen molar-refractivity contribution in [3.05, 3.63) is 11.8 Å². The molecule has 7 N–H and O–H groups in total. The molecule has 1 aliphatic rings. The molecule has 0 saturated carbocycles. The first-order valence-corrected chi connectivity index (χ1v) is 11.0. The van der Waals surface area contributed by atoms with Gasteiger partial charge < -0.3 is 40.8 Å². The third-order valence-electron chi connectivity index (χ3n) is 5.11. The normalized spacial score (nSPS) is 21.7. The Kier molecular flexibility index (Phi) is 12.2. The van der Waals surface area contributed by atoms with Crippen LogP contribution in [0.3, 0.4) is 0 Å². The topological polar surface area (TPSA) is 193 Å². The zero-order valence-electron chi connectivity index (χ0n) is 19.3. The summed E-state index contributed by atoms with van der Waals surface area (Å²) in [7, 11) is 1.27. The second kappa shape index (κ2) is 14.3. The minimum absolute atomic E-state index is 0.221. The number of nitrogens with one attached hydrogen (secondary N) is 3. The van der Waals surface area contributed by atoms with Gasteiger partial charge in [0.05, 0.1) is 12.1 Å². The van der Waals surface area contributed by atoms with Crippen LogP contribution in [0.25, 0.3) is 0 Å². The van der Waals surface area contributed by atoms with Gasteiger partial charge in [-0.25, -0.2) is 4.79 Å². The number of hydrogen-bond donors (Lipinski definition) is 6. The molecule has 12 nitrogen and oxygen atoms in total. The number of methoxy groups -OCH3 is 1. The van der Waals surface area contributed by atoms with Gasteiger partial charge in [-0.3, -0.25) is 15.0 Å². The van der Waals surface area contributed by atoms with Gasteiger partial charge in [0.25, 0.3) is 0 Å². The molecule has 0 radical (unpaired) electrons. The van der Waals surface area contributed by atoms with Crippen LogP contribution in [0.5, 0.6) is 0 Å². The van der Waals surface area contributed by atoms with Gasteiger partial charge in [0.2, 0.25) is 11.7 Å². The molecular weight excluding hydrogens is 436 g/mol. The fraction of sp³-hybridized carbons (Fsp3) is 0.714. The van der Waals surface area contributed by atoms with Crippen LogP contribution in [0.1, 0.15) is 52.4 Å². The van der Waals surface area contributed by atoms with Crippen LogP contribution in [-0.2, 0) is 28.6 Å². The first kappa shape index (κ1) is 28.2. The molecule has 188 valence electrons. The quantitative estimate of drug-likeness (QED) is 0.0866. The van der Waals surface area contributed by atoms with Crippen LogP contribution < -0.4 is 16.4 Å². The lowest BCUT2D eigenvalue weighted by atomic mass is 9.92. The van der Waals surface area contributed by atoms with Crippen molar-refractivity contribution in [1.29, 1.82) is 5.41 Å². The smallest absolute Gasteiger partial charge is 0.370 e. The molecule has 0 aliphatic carbocycles. The maximum absolute atomic E-state index is 12.0. The number of carboxylic acids is 1. The summed E-state index contributed by atoms with van der Waals surface area (Å²) in [5.74, 6) is -3.26. The highest BCUT2D eigenvalue weighted by Gasteiger charge is 2.45. The largest absolute Gasteiger partial charge is 0.478 e. The summed E-state index contributed by atoms with van der Waals surface area (Å²) in [4.78, 5) is 35.3. The molecule has 0 aromatic heterocycles. The molecule has 12 heteroatoms. The average molecular weight is 473 g/mol. The number of carboxylic acid groups (broad SMARTS) is 1. The number of carbonyl (C=O) groups is 3. The molecule has 0 saturated heterocycles. The summed E-state index contributed by atoms with van der Waals surface area (Å²) in [6.07, 6.45) is 2.46. The summed E-state index contributed by atoms with van der Waals surface area (Å²) < 4.78 is 16.0. The van der Waals surface area contributed by atoms with Crippen molar-refractivity contribution in [3.8, 4) is 0 Å². The number of aliphatic hydroxyl groups excluding tert-OH is 1. The predicted molar refractivity (Wildman–Crippen MR) is 118 cm³/mol. The minimum atomic E-state index is -1.39. The number of ether oxygens (including phenoxy) is 3. The summed E-state index contributed by atoms with van der Waals surface area (Å²) in [6.45, 7) is 2.94. The summed E-state index contributed by atoms with van der Waals surface area (Å²) in [5, 5.41) is 32.7. The average Bonchev–Trinajstić information content (AvgIpc) is 2.73. The molecule has 0 aromatic rings. The van der Waals surface area contributed by atoms with E-state index in [0.29, 0.717) is 6.42 Å². The maximum atomic E-state index is 12.0. The van der Waals surface area contributed by atoms with E-state index in [1.807, 2.05) is 0 Å². The van der Waals surface area contributed by atoms with Crippen LogP contribution in [0.4, 0.5) is 0 Å². The van der Waals surface area contributed by atoms with Gasteiger partial charge in [0.1, 0.15) is 18.8 Å². The highest BCUT2D eigenvalue weighted by atomic mass is 16.6. The van der Waals surface area contributed by atoms with Crippen LogP contribution in [0.15, 0.2) is 11.8 Å². The number of amides is 1. The molecule has 1 amide bonds. The molecule has 1 heterocycles. The Morgan fingerprint density at radius 3 is 2.45 bits per heavy atom. The monoisotopic (exact) mass is 472 g/mol. The summed E-state index contributed by atoms with van der Waals surface area (Å²) in [5.41, 5.74) is 5.40. The maximum Gasteiger partial charge on any atom is 0.370 e. The molecule has 0 fully saturated rings. The number of hydrogen-bond acceptors (Lipinski definition) is 8. The number of aliphatic carboxylic acids is 1. The van der Waals surface area contributed by atoms with E-state index in [9.17, 15) is 24.6 Å². The summed E-state index contributed by atoms with van der Waals surface area (Å²) >= 11 is 0. The van der Waals surface area contributed by atoms with Gasteiger partial charge in [0, 0.05) is 20.5 Å². The Bertz CT molecular complexity index is 714. The Labute approximate surface area is 193 Å². The first-order chi connectivity index (χ1) is 15.6. The number of guanidine groups is 1. The van der Waals surface area contributed by atoms with Gasteiger partial charge in [-0.2, -0.15) is 0 Å². The van der Waals surface area contributed by atoms with E-state index >= 15 is 0 Å².